The number of aromatic nitrogens is 8. The molecule has 1 aromatic carbocycles. The summed E-state index contributed by atoms with van der Waals surface area (Å²) >= 11 is 0. The van der Waals surface area contributed by atoms with Crippen LogP contribution < -0.4 is 5.32 Å². The Morgan fingerprint density at radius 2 is 2.00 bits per heavy atom. The van der Waals surface area contributed by atoms with Crippen molar-refractivity contribution in [1.82, 2.24) is 45.6 Å². The van der Waals surface area contributed by atoms with E-state index >= 15 is 0 Å². The number of imidazole rings is 1. The molecule has 12 nitrogen and oxygen atoms in total. The quantitative estimate of drug-likeness (QED) is 0.283. The molecule has 6 aromatic rings. The number of halogens is 1. The fourth-order valence-electron chi connectivity index (χ4n) is 4.92. The van der Waals surface area contributed by atoms with Crippen molar-refractivity contribution in [3.63, 3.8) is 0 Å². The zero-order valence-electron chi connectivity index (χ0n) is 19.2. The molecule has 2 unspecified atom stereocenters. The minimum Gasteiger partial charge on any atom is -0.465 e. The van der Waals surface area contributed by atoms with Gasteiger partial charge in [0.15, 0.2) is 0 Å². The second-order valence-electron chi connectivity index (χ2n) is 8.73. The second kappa shape index (κ2) is 7.80. The number of fused-ring (bicyclic) bond motifs is 3. The van der Waals surface area contributed by atoms with Crippen molar-refractivity contribution < 1.29 is 18.4 Å². The summed E-state index contributed by atoms with van der Waals surface area (Å²) in [5, 5.41) is 26.5. The first-order valence-electron chi connectivity index (χ1n) is 11.4. The van der Waals surface area contributed by atoms with Crippen LogP contribution in [0.3, 0.4) is 0 Å². The van der Waals surface area contributed by atoms with Crippen LogP contribution in [0.25, 0.3) is 22.3 Å². The standard InChI is InChI=1S/C24H18FN9O3/c1-11-28-21(34-37-11)24(22-32-33-23(35)36-22)19-14(13-4-2-3-5-15(13)29-19)8-17(31-24)20-27-10-18(30-20)16-7-6-12(25)9-26-16/h2-7,9-10,17,29,31H,8H2,1H3,(H,27,30)(H,33,35). The minimum atomic E-state index is -1.40. The second-order valence-corrected chi connectivity index (χ2v) is 8.73. The lowest BCUT2D eigenvalue weighted by atomic mass is 9.82. The predicted octanol–water partition coefficient (Wildman–Crippen LogP) is 3.05. The summed E-state index contributed by atoms with van der Waals surface area (Å²) in [6, 6.07) is 10.3. The van der Waals surface area contributed by atoms with Gasteiger partial charge in [-0.2, -0.15) is 4.98 Å². The zero-order chi connectivity index (χ0) is 25.1. The molecule has 0 radical (unpaired) electrons. The molecule has 5 aromatic heterocycles. The summed E-state index contributed by atoms with van der Waals surface area (Å²) in [5.74, 6) is 0.740. The number of H-pyrrole nitrogens is 2. The van der Waals surface area contributed by atoms with Gasteiger partial charge >= 0.3 is 6.08 Å². The lowest BCUT2D eigenvalue weighted by Crippen LogP contribution is -2.52. The summed E-state index contributed by atoms with van der Waals surface area (Å²) in [5.41, 5.74) is 2.20. The van der Waals surface area contributed by atoms with E-state index in [1.807, 2.05) is 24.3 Å². The van der Waals surface area contributed by atoms with Crippen LogP contribution in [-0.4, -0.2) is 45.4 Å². The Hall–Kier alpha value is -4.91. The Balaban J connectivity index is 1.44. The summed E-state index contributed by atoms with van der Waals surface area (Å²) in [4.78, 5) is 20.0. The van der Waals surface area contributed by atoms with Gasteiger partial charge < -0.3 is 24.0 Å². The molecule has 0 saturated heterocycles. The van der Waals surface area contributed by atoms with Gasteiger partial charge in [-0.25, -0.2) is 9.37 Å². The van der Waals surface area contributed by atoms with E-state index in [-0.39, 0.29) is 11.7 Å². The first-order valence-corrected chi connectivity index (χ1v) is 11.4. The van der Waals surface area contributed by atoms with E-state index < -0.39 is 23.5 Å². The third-order valence-corrected chi connectivity index (χ3v) is 6.50. The van der Waals surface area contributed by atoms with Gasteiger partial charge in [0.25, 0.3) is 5.89 Å². The molecule has 0 spiro atoms. The minimum absolute atomic E-state index is 0.0234. The molecule has 0 aliphatic carbocycles. The maximum absolute atomic E-state index is 13.4. The van der Waals surface area contributed by atoms with Crippen molar-refractivity contribution in [2.75, 3.05) is 0 Å². The number of aromatic amines is 2. The number of aromatic hydroxyl groups is 1. The first kappa shape index (κ1) is 21.4. The fourth-order valence-corrected chi connectivity index (χ4v) is 4.92. The van der Waals surface area contributed by atoms with Crippen LogP contribution in [0.5, 0.6) is 6.08 Å². The molecule has 184 valence electrons. The topological polar surface area (TPSA) is 167 Å². The van der Waals surface area contributed by atoms with E-state index in [0.29, 0.717) is 35.2 Å². The molecule has 0 bridgehead atoms. The van der Waals surface area contributed by atoms with Crippen molar-refractivity contribution in [3.8, 4) is 17.5 Å². The van der Waals surface area contributed by atoms with Crippen LogP contribution in [0.2, 0.25) is 0 Å². The lowest BCUT2D eigenvalue weighted by molar-refractivity contribution is 0.240. The number of rotatable bonds is 4. The van der Waals surface area contributed by atoms with Crippen LogP contribution in [-0.2, 0) is 12.0 Å². The molecular weight excluding hydrogens is 481 g/mol. The first-order chi connectivity index (χ1) is 18.0. The summed E-state index contributed by atoms with van der Waals surface area (Å²) < 4.78 is 24.3. The summed E-state index contributed by atoms with van der Waals surface area (Å²) in [6.07, 6.45) is 2.79. The Labute approximate surface area is 207 Å². The predicted molar refractivity (Wildman–Crippen MR) is 125 cm³/mol. The third kappa shape index (κ3) is 3.24. The van der Waals surface area contributed by atoms with Crippen molar-refractivity contribution >= 4 is 10.9 Å². The number of para-hydroxylation sites is 1. The molecule has 1 aliphatic heterocycles. The smallest absolute Gasteiger partial charge is 0.412 e. The van der Waals surface area contributed by atoms with Crippen LogP contribution in [0.4, 0.5) is 4.39 Å². The lowest BCUT2D eigenvalue weighted by Gasteiger charge is -2.37. The van der Waals surface area contributed by atoms with Gasteiger partial charge in [0.2, 0.25) is 17.3 Å². The van der Waals surface area contributed by atoms with E-state index in [9.17, 15) is 9.50 Å². The molecule has 0 amide bonds. The molecule has 6 heterocycles. The highest BCUT2D eigenvalue weighted by Gasteiger charge is 2.53. The summed E-state index contributed by atoms with van der Waals surface area (Å²) in [6.45, 7) is 1.68. The van der Waals surface area contributed by atoms with Crippen LogP contribution in [0, 0.1) is 12.7 Å². The number of hydrogen-bond acceptors (Lipinski definition) is 10. The molecule has 7 rings (SSSR count). The van der Waals surface area contributed by atoms with Crippen molar-refractivity contribution in [3.05, 3.63) is 89.3 Å². The number of aryl methyl sites for hydroxylation is 1. The SMILES string of the molecule is Cc1nc(C2(c3nnc(O)o3)NC(c3nc(-c4ccc(F)cn4)c[nH]3)Cc3c2[nH]c2ccccc32)no1. The third-order valence-electron chi connectivity index (χ3n) is 6.50. The maximum atomic E-state index is 13.4. The Morgan fingerprint density at radius 1 is 1.11 bits per heavy atom. The molecule has 0 saturated carbocycles. The van der Waals surface area contributed by atoms with Crippen molar-refractivity contribution in [1.29, 1.82) is 0 Å². The van der Waals surface area contributed by atoms with Gasteiger partial charge in [0, 0.05) is 24.0 Å². The Kier molecular flexibility index (Phi) is 4.50. The highest BCUT2D eigenvalue weighted by atomic mass is 19.1. The largest absolute Gasteiger partial charge is 0.465 e. The molecule has 0 fully saturated rings. The van der Waals surface area contributed by atoms with Gasteiger partial charge in [-0.1, -0.05) is 28.5 Å². The highest BCUT2D eigenvalue weighted by molar-refractivity contribution is 5.86. The van der Waals surface area contributed by atoms with E-state index in [1.54, 1.807) is 19.2 Å². The van der Waals surface area contributed by atoms with E-state index in [2.05, 4.69) is 40.6 Å². The molecule has 37 heavy (non-hydrogen) atoms. The average molecular weight is 499 g/mol. The van der Waals surface area contributed by atoms with E-state index in [1.165, 1.54) is 6.07 Å². The monoisotopic (exact) mass is 499 g/mol. The molecule has 13 heteroatoms. The molecule has 1 aliphatic rings. The van der Waals surface area contributed by atoms with Crippen LogP contribution >= 0.6 is 0 Å². The molecule has 2 atom stereocenters. The molecular formula is C24H18FN9O3. The van der Waals surface area contributed by atoms with Crippen LogP contribution in [0.15, 0.2) is 57.7 Å². The Morgan fingerprint density at radius 3 is 2.76 bits per heavy atom. The fraction of sp³-hybridized carbons (Fsp3) is 0.167. The van der Waals surface area contributed by atoms with Gasteiger partial charge in [-0.3, -0.25) is 10.3 Å². The highest BCUT2D eigenvalue weighted by Crippen LogP contribution is 2.45. The van der Waals surface area contributed by atoms with Crippen molar-refractivity contribution in [2.45, 2.75) is 24.9 Å². The maximum Gasteiger partial charge on any atom is 0.412 e. The van der Waals surface area contributed by atoms with Crippen molar-refractivity contribution in [2.24, 2.45) is 0 Å². The van der Waals surface area contributed by atoms with Gasteiger partial charge in [0.05, 0.1) is 23.6 Å². The van der Waals surface area contributed by atoms with Crippen LogP contribution in [0.1, 0.15) is 40.7 Å². The zero-order valence-corrected chi connectivity index (χ0v) is 19.2. The van der Waals surface area contributed by atoms with Gasteiger partial charge in [-0.15, -0.1) is 5.10 Å². The number of hydrogen-bond donors (Lipinski definition) is 4. The number of pyridine rings is 1. The van der Waals surface area contributed by atoms with Gasteiger partial charge in [0.1, 0.15) is 17.3 Å². The number of benzene rings is 1. The Bertz CT molecular complexity index is 1710. The number of nitrogens with one attached hydrogen (secondary N) is 3. The van der Waals surface area contributed by atoms with E-state index in [0.717, 1.165) is 22.7 Å². The molecule has 4 N–H and O–H groups in total. The van der Waals surface area contributed by atoms with Gasteiger partial charge in [-0.05, 0) is 30.2 Å². The van der Waals surface area contributed by atoms with E-state index in [4.69, 9.17) is 13.9 Å². The summed E-state index contributed by atoms with van der Waals surface area (Å²) in [7, 11) is 0. The average Bonchev–Trinajstić information content (AvgIpc) is 3.70. The number of nitrogens with zero attached hydrogens (tertiary/aromatic N) is 6. The normalized spacial score (nSPS) is 19.4.